The van der Waals surface area contributed by atoms with E-state index in [4.69, 9.17) is 10.5 Å². The minimum atomic E-state index is -0.535. The first-order valence-corrected chi connectivity index (χ1v) is 5.72. The summed E-state index contributed by atoms with van der Waals surface area (Å²) < 4.78 is 20.1. The zero-order chi connectivity index (χ0) is 13.3. The Morgan fingerprint density at radius 2 is 2.22 bits per heavy atom. The summed E-state index contributed by atoms with van der Waals surface area (Å²) in [6.07, 6.45) is 2.89. The fourth-order valence-electron chi connectivity index (χ4n) is 1.28. The molecule has 0 aliphatic rings. The molecule has 0 aliphatic carbocycles. The number of anilines is 1. The molecule has 1 heterocycles. The molecule has 94 valence electrons. The summed E-state index contributed by atoms with van der Waals surface area (Å²) in [6, 6.07) is 2.45. The Morgan fingerprint density at radius 3 is 2.94 bits per heavy atom. The van der Waals surface area contributed by atoms with Gasteiger partial charge >= 0.3 is 5.56 Å². The molecule has 0 bridgehead atoms. The van der Waals surface area contributed by atoms with Crippen molar-refractivity contribution >= 4 is 21.6 Å². The SMILES string of the molecule is Cn1ccnc(Oc2cc(F)c(Br)cc2N)c1=O. The van der Waals surface area contributed by atoms with Crippen molar-refractivity contribution in [2.45, 2.75) is 0 Å². The molecule has 0 saturated heterocycles. The second kappa shape index (κ2) is 4.77. The number of hydrogen-bond donors (Lipinski definition) is 1. The van der Waals surface area contributed by atoms with Gasteiger partial charge in [0.15, 0.2) is 5.75 Å². The van der Waals surface area contributed by atoms with Gasteiger partial charge in [-0.1, -0.05) is 0 Å². The maximum Gasteiger partial charge on any atom is 0.313 e. The maximum absolute atomic E-state index is 13.4. The molecule has 0 atom stereocenters. The summed E-state index contributed by atoms with van der Waals surface area (Å²) in [4.78, 5) is 15.5. The van der Waals surface area contributed by atoms with Gasteiger partial charge in [0.25, 0.3) is 5.88 Å². The standard InChI is InChI=1S/C11H9BrFN3O2/c1-16-3-2-15-10(11(16)17)18-9-5-7(13)6(12)4-8(9)14/h2-5H,14H2,1H3. The monoisotopic (exact) mass is 313 g/mol. The number of halogens is 2. The van der Waals surface area contributed by atoms with Gasteiger partial charge < -0.3 is 15.0 Å². The fraction of sp³-hybridized carbons (Fsp3) is 0.0909. The minimum absolute atomic E-state index is 0.0477. The van der Waals surface area contributed by atoms with Gasteiger partial charge in [-0.15, -0.1) is 0 Å². The molecule has 1 aromatic carbocycles. The van der Waals surface area contributed by atoms with E-state index in [2.05, 4.69) is 20.9 Å². The van der Waals surface area contributed by atoms with Gasteiger partial charge in [0.05, 0.1) is 10.2 Å². The first kappa shape index (κ1) is 12.6. The second-order valence-electron chi connectivity index (χ2n) is 3.55. The lowest BCUT2D eigenvalue weighted by Crippen LogP contribution is -2.18. The number of aryl methyl sites for hydroxylation is 1. The van der Waals surface area contributed by atoms with Crippen molar-refractivity contribution < 1.29 is 9.13 Å². The van der Waals surface area contributed by atoms with Crippen LogP contribution < -0.4 is 16.0 Å². The van der Waals surface area contributed by atoms with Crippen molar-refractivity contribution in [2.24, 2.45) is 7.05 Å². The first-order chi connectivity index (χ1) is 8.49. The number of hydrogen-bond acceptors (Lipinski definition) is 4. The molecule has 0 saturated carbocycles. The molecular weight excluding hydrogens is 305 g/mol. The zero-order valence-corrected chi connectivity index (χ0v) is 10.9. The van der Waals surface area contributed by atoms with Crippen LogP contribution in [0.1, 0.15) is 0 Å². The highest BCUT2D eigenvalue weighted by Crippen LogP contribution is 2.30. The maximum atomic E-state index is 13.4. The Balaban J connectivity index is 2.43. The molecule has 1 aromatic heterocycles. The van der Waals surface area contributed by atoms with E-state index in [-0.39, 0.29) is 21.8 Å². The van der Waals surface area contributed by atoms with Crippen LogP contribution >= 0.6 is 15.9 Å². The van der Waals surface area contributed by atoms with Crippen molar-refractivity contribution in [3.8, 4) is 11.6 Å². The molecule has 0 radical (unpaired) electrons. The average molecular weight is 314 g/mol. The summed E-state index contributed by atoms with van der Waals surface area (Å²) in [5.74, 6) is -0.646. The predicted octanol–water partition coefficient (Wildman–Crippen LogP) is 2.06. The third-order valence-corrected chi connectivity index (χ3v) is 2.85. The van der Waals surface area contributed by atoms with Gasteiger partial charge in [0.2, 0.25) is 0 Å². The van der Waals surface area contributed by atoms with Gasteiger partial charge in [-0.25, -0.2) is 9.37 Å². The van der Waals surface area contributed by atoms with Crippen LogP contribution in [0.25, 0.3) is 0 Å². The van der Waals surface area contributed by atoms with Crippen LogP contribution in [0.15, 0.2) is 33.8 Å². The van der Waals surface area contributed by atoms with Gasteiger partial charge in [-0.2, -0.15) is 0 Å². The lowest BCUT2D eigenvalue weighted by molar-refractivity contribution is 0.446. The lowest BCUT2D eigenvalue weighted by atomic mass is 10.3. The topological polar surface area (TPSA) is 70.1 Å². The van der Waals surface area contributed by atoms with Crippen LogP contribution in [0.4, 0.5) is 10.1 Å². The number of nitrogens with zero attached hydrogens (tertiary/aromatic N) is 2. The van der Waals surface area contributed by atoms with E-state index < -0.39 is 11.4 Å². The molecule has 0 unspecified atom stereocenters. The van der Waals surface area contributed by atoms with E-state index in [1.54, 1.807) is 7.05 Å². The molecule has 0 amide bonds. The Bertz CT molecular complexity index is 657. The largest absolute Gasteiger partial charge is 0.432 e. The molecule has 0 spiro atoms. The Morgan fingerprint density at radius 1 is 1.50 bits per heavy atom. The van der Waals surface area contributed by atoms with E-state index >= 15 is 0 Å². The van der Waals surface area contributed by atoms with E-state index in [1.165, 1.54) is 23.0 Å². The molecule has 5 nitrogen and oxygen atoms in total. The Labute approximate surface area is 110 Å². The number of aromatic nitrogens is 2. The Kier molecular flexibility index (Phi) is 3.33. The number of nitrogens with two attached hydrogens (primary N) is 1. The van der Waals surface area contributed by atoms with Crippen LogP contribution in [-0.4, -0.2) is 9.55 Å². The third kappa shape index (κ3) is 2.35. The van der Waals surface area contributed by atoms with Gasteiger partial charge in [-0.05, 0) is 22.0 Å². The Hall–Kier alpha value is -1.89. The van der Waals surface area contributed by atoms with Crippen LogP contribution in [-0.2, 0) is 7.05 Å². The summed E-state index contributed by atoms with van der Waals surface area (Å²) in [6.45, 7) is 0. The normalized spacial score (nSPS) is 10.4. The smallest absolute Gasteiger partial charge is 0.313 e. The van der Waals surface area contributed by atoms with Crippen LogP contribution in [0, 0.1) is 5.82 Å². The van der Waals surface area contributed by atoms with E-state index in [1.807, 2.05) is 0 Å². The molecule has 2 N–H and O–H groups in total. The van der Waals surface area contributed by atoms with Crippen molar-refractivity contribution in [2.75, 3.05) is 5.73 Å². The van der Waals surface area contributed by atoms with Crippen molar-refractivity contribution in [1.29, 1.82) is 0 Å². The summed E-state index contributed by atoms with van der Waals surface area (Å²) in [7, 11) is 1.56. The highest BCUT2D eigenvalue weighted by atomic mass is 79.9. The van der Waals surface area contributed by atoms with Crippen LogP contribution in [0.3, 0.4) is 0 Å². The fourth-order valence-corrected chi connectivity index (χ4v) is 1.64. The van der Waals surface area contributed by atoms with Gasteiger partial charge in [0.1, 0.15) is 5.82 Å². The highest BCUT2D eigenvalue weighted by molar-refractivity contribution is 9.10. The zero-order valence-electron chi connectivity index (χ0n) is 9.35. The van der Waals surface area contributed by atoms with E-state index in [9.17, 15) is 9.18 Å². The first-order valence-electron chi connectivity index (χ1n) is 4.93. The predicted molar refractivity (Wildman–Crippen MR) is 68.1 cm³/mol. The number of nitrogen functional groups attached to an aromatic ring is 1. The molecule has 0 fully saturated rings. The summed E-state index contributed by atoms with van der Waals surface area (Å²) in [5.41, 5.74) is 5.44. The van der Waals surface area contributed by atoms with E-state index in [0.717, 1.165) is 6.07 Å². The average Bonchev–Trinajstić information content (AvgIpc) is 2.32. The van der Waals surface area contributed by atoms with Gasteiger partial charge in [-0.3, -0.25) is 4.79 Å². The molecule has 18 heavy (non-hydrogen) atoms. The third-order valence-electron chi connectivity index (χ3n) is 2.24. The van der Waals surface area contributed by atoms with Crippen molar-refractivity contribution in [3.63, 3.8) is 0 Å². The number of ether oxygens (including phenoxy) is 1. The van der Waals surface area contributed by atoms with Crippen molar-refractivity contribution in [3.05, 3.63) is 45.2 Å². The minimum Gasteiger partial charge on any atom is -0.432 e. The van der Waals surface area contributed by atoms with E-state index in [0.29, 0.717) is 0 Å². The molecule has 0 aliphatic heterocycles. The van der Waals surface area contributed by atoms with Crippen LogP contribution in [0.2, 0.25) is 0 Å². The summed E-state index contributed by atoms with van der Waals surface area (Å²) >= 11 is 3.00. The molecule has 7 heteroatoms. The second-order valence-corrected chi connectivity index (χ2v) is 4.41. The quantitative estimate of drug-likeness (QED) is 0.861. The number of rotatable bonds is 2. The molecule has 2 rings (SSSR count). The van der Waals surface area contributed by atoms with Gasteiger partial charge in [0, 0.05) is 25.5 Å². The summed E-state index contributed by atoms with van der Waals surface area (Å²) in [5, 5.41) is 0. The molecular formula is C11H9BrFN3O2. The van der Waals surface area contributed by atoms with Crippen LogP contribution in [0.5, 0.6) is 11.6 Å². The molecule has 2 aromatic rings. The number of benzene rings is 1. The van der Waals surface area contributed by atoms with Crippen molar-refractivity contribution in [1.82, 2.24) is 9.55 Å². The highest BCUT2D eigenvalue weighted by Gasteiger charge is 2.11. The lowest BCUT2D eigenvalue weighted by Gasteiger charge is -2.08.